The summed E-state index contributed by atoms with van der Waals surface area (Å²) in [6.45, 7) is 0. The summed E-state index contributed by atoms with van der Waals surface area (Å²) in [6, 6.07) is 16.6. The molecule has 1 heterocycles. The number of hydrogen-bond donors (Lipinski definition) is 1. The fraction of sp³-hybridized carbons (Fsp3) is 0.0588. The van der Waals surface area contributed by atoms with Crippen LogP contribution in [0.2, 0.25) is 0 Å². The molecule has 0 saturated heterocycles. The molecular formula is C17H12N4OS. The molecule has 0 fully saturated rings. The molecule has 2 aromatic carbocycles. The second-order valence-corrected chi connectivity index (χ2v) is 5.65. The minimum absolute atomic E-state index is 0.180. The SMILES string of the molecule is N#Cc1ccccc1NC(=O)CSc1ncnc2ccccc12. The van der Waals surface area contributed by atoms with Gasteiger partial charge in [0.05, 0.1) is 22.5 Å². The highest BCUT2D eigenvalue weighted by molar-refractivity contribution is 8.00. The van der Waals surface area contributed by atoms with Gasteiger partial charge in [0.15, 0.2) is 0 Å². The molecule has 0 bridgehead atoms. The normalized spacial score (nSPS) is 10.2. The molecule has 0 radical (unpaired) electrons. The van der Waals surface area contributed by atoms with Crippen LogP contribution in [0.1, 0.15) is 5.56 Å². The zero-order valence-corrected chi connectivity index (χ0v) is 12.9. The third-order valence-corrected chi connectivity index (χ3v) is 4.17. The molecule has 0 aliphatic carbocycles. The fourth-order valence-corrected chi connectivity index (χ4v) is 2.89. The number of carbonyl (C=O) groups is 1. The number of anilines is 1. The minimum Gasteiger partial charge on any atom is -0.324 e. The van der Waals surface area contributed by atoms with Gasteiger partial charge in [-0.3, -0.25) is 4.79 Å². The van der Waals surface area contributed by atoms with Crippen molar-refractivity contribution in [3.05, 3.63) is 60.4 Å². The Kier molecular flexibility index (Phi) is 4.50. The largest absolute Gasteiger partial charge is 0.324 e. The Morgan fingerprint density at radius 1 is 1.13 bits per heavy atom. The smallest absolute Gasteiger partial charge is 0.234 e. The molecule has 1 N–H and O–H groups in total. The third kappa shape index (κ3) is 3.47. The molecule has 0 aliphatic rings. The molecule has 23 heavy (non-hydrogen) atoms. The van der Waals surface area contributed by atoms with Crippen LogP contribution in [0.3, 0.4) is 0 Å². The molecule has 3 aromatic rings. The van der Waals surface area contributed by atoms with E-state index in [4.69, 9.17) is 5.26 Å². The lowest BCUT2D eigenvalue weighted by Crippen LogP contribution is -2.15. The van der Waals surface area contributed by atoms with Crippen LogP contribution < -0.4 is 5.32 Å². The van der Waals surface area contributed by atoms with E-state index in [9.17, 15) is 4.79 Å². The van der Waals surface area contributed by atoms with Gasteiger partial charge >= 0.3 is 0 Å². The zero-order chi connectivity index (χ0) is 16.1. The molecule has 6 heteroatoms. The molecule has 5 nitrogen and oxygen atoms in total. The number of amides is 1. The maximum atomic E-state index is 12.1. The lowest BCUT2D eigenvalue weighted by Gasteiger charge is -2.07. The fourth-order valence-electron chi connectivity index (χ4n) is 2.10. The van der Waals surface area contributed by atoms with E-state index in [1.54, 1.807) is 24.3 Å². The van der Waals surface area contributed by atoms with Gasteiger partial charge in [0.2, 0.25) is 5.91 Å². The number of para-hydroxylation sites is 2. The Morgan fingerprint density at radius 2 is 1.91 bits per heavy atom. The molecule has 1 aromatic heterocycles. The second-order valence-electron chi connectivity index (χ2n) is 4.69. The van der Waals surface area contributed by atoms with Crippen LogP contribution in [0.5, 0.6) is 0 Å². The first-order valence-corrected chi connectivity index (χ1v) is 7.88. The van der Waals surface area contributed by atoms with E-state index < -0.39 is 0 Å². The average Bonchev–Trinajstić information content (AvgIpc) is 2.60. The Morgan fingerprint density at radius 3 is 2.78 bits per heavy atom. The number of thioether (sulfide) groups is 1. The zero-order valence-electron chi connectivity index (χ0n) is 12.1. The van der Waals surface area contributed by atoms with Gasteiger partial charge in [0.25, 0.3) is 0 Å². The number of rotatable bonds is 4. The first kappa shape index (κ1) is 15.0. The molecule has 1 amide bonds. The van der Waals surface area contributed by atoms with E-state index in [1.165, 1.54) is 18.1 Å². The molecule has 0 saturated carbocycles. The van der Waals surface area contributed by atoms with Crippen molar-refractivity contribution in [2.24, 2.45) is 0 Å². The minimum atomic E-state index is -0.180. The second kappa shape index (κ2) is 6.90. The standard InChI is InChI=1S/C17H12N4OS/c18-9-12-5-1-3-7-14(12)21-16(22)10-23-17-13-6-2-4-8-15(13)19-11-20-17/h1-8,11H,10H2,(H,21,22). The van der Waals surface area contributed by atoms with Crippen molar-refractivity contribution in [3.63, 3.8) is 0 Å². The van der Waals surface area contributed by atoms with Gasteiger partial charge in [-0.1, -0.05) is 42.1 Å². The highest BCUT2D eigenvalue weighted by Crippen LogP contribution is 2.24. The van der Waals surface area contributed by atoms with E-state index >= 15 is 0 Å². The van der Waals surface area contributed by atoms with Crippen molar-refractivity contribution >= 4 is 34.3 Å². The van der Waals surface area contributed by atoms with Gasteiger partial charge in [-0.25, -0.2) is 9.97 Å². The number of aromatic nitrogens is 2. The molecular weight excluding hydrogens is 308 g/mol. The van der Waals surface area contributed by atoms with E-state index in [-0.39, 0.29) is 11.7 Å². The van der Waals surface area contributed by atoms with Crippen molar-refractivity contribution in [1.82, 2.24) is 9.97 Å². The topological polar surface area (TPSA) is 78.7 Å². The van der Waals surface area contributed by atoms with Crippen LogP contribution in [-0.2, 0) is 4.79 Å². The summed E-state index contributed by atoms with van der Waals surface area (Å²) in [6.07, 6.45) is 1.49. The van der Waals surface area contributed by atoms with Crippen LogP contribution in [0, 0.1) is 11.3 Å². The molecule has 0 spiro atoms. The molecule has 3 rings (SSSR count). The summed E-state index contributed by atoms with van der Waals surface area (Å²) >= 11 is 1.34. The number of benzene rings is 2. The van der Waals surface area contributed by atoms with Gasteiger partial charge in [-0.2, -0.15) is 5.26 Å². The highest BCUT2D eigenvalue weighted by atomic mass is 32.2. The monoisotopic (exact) mass is 320 g/mol. The molecule has 112 valence electrons. The first-order valence-electron chi connectivity index (χ1n) is 6.89. The van der Waals surface area contributed by atoms with Crippen molar-refractivity contribution in [3.8, 4) is 6.07 Å². The predicted octanol–water partition coefficient (Wildman–Crippen LogP) is 3.23. The van der Waals surface area contributed by atoms with Gasteiger partial charge < -0.3 is 5.32 Å². The summed E-state index contributed by atoms with van der Waals surface area (Å²) in [5.41, 5.74) is 1.81. The average molecular weight is 320 g/mol. The summed E-state index contributed by atoms with van der Waals surface area (Å²) in [5, 5.41) is 13.5. The highest BCUT2D eigenvalue weighted by Gasteiger charge is 2.09. The number of fused-ring (bicyclic) bond motifs is 1. The summed E-state index contributed by atoms with van der Waals surface area (Å²) in [7, 11) is 0. The van der Waals surface area contributed by atoms with Crippen molar-refractivity contribution in [2.75, 3.05) is 11.1 Å². The Balaban J connectivity index is 1.70. The lowest BCUT2D eigenvalue weighted by atomic mass is 10.2. The van der Waals surface area contributed by atoms with E-state index in [1.807, 2.05) is 24.3 Å². The lowest BCUT2D eigenvalue weighted by molar-refractivity contribution is -0.113. The van der Waals surface area contributed by atoms with Crippen LogP contribution >= 0.6 is 11.8 Å². The number of hydrogen-bond acceptors (Lipinski definition) is 5. The number of carbonyl (C=O) groups excluding carboxylic acids is 1. The first-order chi connectivity index (χ1) is 11.3. The van der Waals surface area contributed by atoms with Gasteiger partial charge in [-0.15, -0.1) is 0 Å². The summed E-state index contributed by atoms with van der Waals surface area (Å²) in [4.78, 5) is 20.5. The predicted molar refractivity (Wildman–Crippen MR) is 90.0 cm³/mol. The Hall–Kier alpha value is -2.91. The Labute approximate surface area is 137 Å². The maximum absolute atomic E-state index is 12.1. The molecule has 0 unspecified atom stereocenters. The summed E-state index contributed by atoms with van der Waals surface area (Å²) < 4.78 is 0. The van der Waals surface area contributed by atoms with Gasteiger partial charge in [0.1, 0.15) is 17.4 Å². The van der Waals surface area contributed by atoms with Crippen molar-refractivity contribution in [1.29, 1.82) is 5.26 Å². The van der Waals surface area contributed by atoms with Crippen LogP contribution in [-0.4, -0.2) is 21.6 Å². The van der Waals surface area contributed by atoms with E-state index in [0.717, 1.165) is 15.9 Å². The summed E-state index contributed by atoms with van der Waals surface area (Å²) in [5.74, 6) is 0.0289. The Bertz CT molecular complexity index is 899. The molecule has 0 aliphatic heterocycles. The van der Waals surface area contributed by atoms with Crippen molar-refractivity contribution in [2.45, 2.75) is 5.03 Å². The third-order valence-electron chi connectivity index (χ3n) is 3.17. The molecule has 0 atom stereocenters. The number of nitrogens with zero attached hydrogens (tertiary/aromatic N) is 3. The quantitative estimate of drug-likeness (QED) is 0.590. The van der Waals surface area contributed by atoms with E-state index in [2.05, 4.69) is 21.4 Å². The van der Waals surface area contributed by atoms with Crippen LogP contribution in [0.15, 0.2) is 59.9 Å². The maximum Gasteiger partial charge on any atom is 0.234 e. The van der Waals surface area contributed by atoms with Crippen LogP contribution in [0.25, 0.3) is 10.9 Å². The number of nitriles is 1. The van der Waals surface area contributed by atoms with Crippen molar-refractivity contribution < 1.29 is 4.79 Å². The van der Waals surface area contributed by atoms with Gasteiger partial charge in [0, 0.05) is 5.39 Å². The van der Waals surface area contributed by atoms with Crippen LogP contribution in [0.4, 0.5) is 5.69 Å². The van der Waals surface area contributed by atoms with Gasteiger partial charge in [-0.05, 0) is 18.2 Å². The van der Waals surface area contributed by atoms with E-state index in [0.29, 0.717) is 11.3 Å². The number of nitrogens with one attached hydrogen (secondary N) is 1.